The van der Waals surface area contributed by atoms with Crippen molar-refractivity contribution in [3.05, 3.63) is 42.1 Å². The minimum Gasteiger partial charge on any atom is -0.313 e. The maximum Gasteiger partial charge on any atom is 0.0568 e. The van der Waals surface area contributed by atoms with Gasteiger partial charge in [0.25, 0.3) is 0 Å². The molecular weight excluding hydrogens is 186 g/mol. The molecule has 0 saturated carbocycles. The predicted octanol–water partition coefficient (Wildman–Crippen LogP) is 2.18. The third-order valence-electron chi connectivity index (χ3n) is 2.43. The van der Waals surface area contributed by atoms with Crippen molar-refractivity contribution in [1.29, 1.82) is 0 Å². The van der Waals surface area contributed by atoms with E-state index >= 15 is 0 Å². The minimum atomic E-state index is 0.368. The van der Waals surface area contributed by atoms with Crippen LogP contribution >= 0.6 is 0 Å². The number of nitrogens with one attached hydrogen (secondary N) is 1. The quantitative estimate of drug-likeness (QED) is 0.585. The van der Waals surface area contributed by atoms with Crippen LogP contribution < -0.4 is 16.2 Å². The van der Waals surface area contributed by atoms with Crippen molar-refractivity contribution >= 4 is 5.69 Å². The molecule has 0 aliphatic heterocycles. The number of rotatable bonds is 4. The van der Waals surface area contributed by atoms with Crippen LogP contribution in [0, 0.1) is 0 Å². The lowest BCUT2D eigenvalue weighted by molar-refractivity contribution is 0.652. The molecule has 1 aromatic rings. The fraction of sp³-hybridized carbons (Fsp3) is 0.333. The lowest BCUT2D eigenvalue weighted by Crippen LogP contribution is -2.23. The Morgan fingerprint density at radius 2 is 1.93 bits per heavy atom. The first-order valence-corrected chi connectivity index (χ1v) is 5.13. The van der Waals surface area contributed by atoms with Gasteiger partial charge in [-0.1, -0.05) is 18.2 Å². The molecule has 1 atom stereocenters. The first kappa shape index (κ1) is 11.8. The standard InChI is InChI=1S/C12H19N3/c1-4-9-15(13)12-7-5-11(6-8-12)10(2)14-3/h4-10,14H,13H2,1-3H3/b9-4-. The van der Waals surface area contributed by atoms with Crippen LogP contribution in [0.15, 0.2) is 36.5 Å². The molecule has 0 heterocycles. The molecule has 0 radical (unpaired) electrons. The Balaban J connectivity index is 2.80. The van der Waals surface area contributed by atoms with Gasteiger partial charge in [0.05, 0.1) is 5.69 Å². The summed E-state index contributed by atoms with van der Waals surface area (Å²) in [6, 6.07) is 8.57. The zero-order valence-corrected chi connectivity index (χ0v) is 9.57. The summed E-state index contributed by atoms with van der Waals surface area (Å²) in [6.45, 7) is 4.07. The van der Waals surface area contributed by atoms with E-state index in [1.165, 1.54) is 5.56 Å². The topological polar surface area (TPSA) is 41.3 Å². The van der Waals surface area contributed by atoms with Crippen LogP contribution in [0.5, 0.6) is 0 Å². The van der Waals surface area contributed by atoms with Crippen molar-refractivity contribution in [2.45, 2.75) is 19.9 Å². The van der Waals surface area contributed by atoms with E-state index < -0.39 is 0 Å². The number of nitrogens with zero attached hydrogens (tertiary/aromatic N) is 1. The average Bonchev–Trinajstić information content (AvgIpc) is 2.28. The molecule has 1 rings (SSSR count). The van der Waals surface area contributed by atoms with Crippen LogP contribution in [-0.2, 0) is 0 Å². The van der Waals surface area contributed by atoms with Gasteiger partial charge in [-0.15, -0.1) is 0 Å². The highest BCUT2D eigenvalue weighted by atomic mass is 15.4. The van der Waals surface area contributed by atoms with Crippen molar-refractivity contribution in [2.24, 2.45) is 5.84 Å². The molecule has 15 heavy (non-hydrogen) atoms. The van der Waals surface area contributed by atoms with Gasteiger partial charge in [-0.2, -0.15) is 0 Å². The largest absolute Gasteiger partial charge is 0.313 e. The summed E-state index contributed by atoms with van der Waals surface area (Å²) >= 11 is 0. The second-order valence-electron chi connectivity index (χ2n) is 3.49. The zero-order chi connectivity index (χ0) is 11.3. The molecule has 0 aromatic heterocycles. The van der Waals surface area contributed by atoms with E-state index in [2.05, 4.69) is 24.4 Å². The van der Waals surface area contributed by atoms with Crippen LogP contribution in [0.1, 0.15) is 25.5 Å². The van der Waals surface area contributed by atoms with E-state index in [4.69, 9.17) is 5.84 Å². The number of hydrazine groups is 1. The number of anilines is 1. The summed E-state index contributed by atoms with van der Waals surface area (Å²) in [6.07, 6.45) is 3.74. The fourth-order valence-corrected chi connectivity index (χ4v) is 1.35. The fourth-order valence-electron chi connectivity index (χ4n) is 1.35. The van der Waals surface area contributed by atoms with Crippen LogP contribution in [0.3, 0.4) is 0 Å². The Labute approximate surface area is 91.6 Å². The maximum absolute atomic E-state index is 5.80. The molecule has 3 nitrogen and oxygen atoms in total. The summed E-state index contributed by atoms with van der Waals surface area (Å²) in [5, 5.41) is 4.80. The van der Waals surface area contributed by atoms with Gasteiger partial charge in [0.1, 0.15) is 0 Å². The summed E-state index contributed by atoms with van der Waals surface area (Å²) in [5.41, 5.74) is 2.25. The molecule has 0 amide bonds. The molecule has 3 N–H and O–H groups in total. The van der Waals surface area contributed by atoms with E-state index in [1.807, 2.05) is 38.4 Å². The zero-order valence-electron chi connectivity index (χ0n) is 9.57. The number of benzene rings is 1. The van der Waals surface area contributed by atoms with Gasteiger partial charge in [0.15, 0.2) is 0 Å². The Hall–Kier alpha value is -1.32. The van der Waals surface area contributed by atoms with Gasteiger partial charge in [-0.3, -0.25) is 5.01 Å². The van der Waals surface area contributed by atoms with Gasteiger partial charge in [-0.05, 0) is 38.6 Å². The molecule has 1 aromatic carbocycles. The Kier molecular flexibility index (Phi) is 4.34. The molecule has 1 unspecified atom stereocenters. The van der Waals surface area contributed by atoms with Crippen LogP contribution in [0.4, 0.5) is 5.69 Å². The first-order valence-electron chi connectivity index (χ1n) is 5.13. The third-order valence-corrected chi connectivity index (χ3v) is 2.43. The van der Waals surface area contributed by atoms with E-state index in [9.17, 15) is 0 Å². The second-order valence-corrected chi connectivity index (χ2v) is 3.49. The third kappa shape index (κ3) is 3.08. The number of hydrogen-bond acceptors (Lipinski definition) is 3. The highest BCUT2D eigenvalue weighted by Gasteiger charge is 2.02. The lowest BCUT2D eigenvalue weighted by Gasteiger charge is -2.15. The molecule has 0 aliphatic rings. The molecule has 0 aliphatic carbocycles. The Morgan fingerprint density at radius 1 is 1.33 bits per heavy atom. The highest BCUT2D eigenvalue weighted by molar-refractivity contribution is 5.48. The number of nitrogens with two attached hydrogens (primary N) is 1. The Morgan fingerprint density at radius 3 is 2.40 bits per heavy atom. The predicted molar refractivity (Wildman–Crippen MR) is 65.4 cm³/mol. The Bertz CT molecular complexity index is 316. The summed E-state index contributed by atoms with van der Waals surface area (Å²) in [7, 11) is 1.95. The minimum absolute atomic E-state index is 0.368. The summed E-state index contributed by atoms with van der Waals surface area (Å²) in [4.78, 5) is 0. The maximum atomic E-state index is 5.80. The van der Waals surface area contributed by atoms with E-state index in [0.29, 0.717) is 6.04 Å². The van der Waals surface area contributed by atoms with Gasteiger partial charge >= 0.3 is 0 Å². The normalized spacial score (nSPS) is 13.1. The molecule has 3 heteroatoms. The molecule has 0 fully saturated rings. The molecule has 0 bridgehead atoms. The van der Waals surface area contributed by atoms with E-state index in [1.54, 1.807) is 5.01 Å². The van der Waals surface area contributed by atoms with Crippen molar-refractivity contribution in [1.82, 2.24) is 5.32 Å². The van der Waals surface area contributed by atoms with Crippen LogP contribution in [0.2, 0.25) is 0 Å². The second kappa shape index (κ2) is 5.53. The monoisotopic (exact) mass is 205 g/mol. The van der Waals surface area contributed by atoms with Gasteiger partial charge < -0.3 is 5.32 Å². The molecule has 82 valence electrons. The van der Waals surface area contributed by atoms with Crippen LogP contribution in [-0.4, -0.2) is 7.05 Å². The lowest BCUT2D eigenvalue weighted by atomic mass is 10.1. The average molecular weight is 205 g/mol. The van der Waals surface area contributed by atoms with Crippen LogP contribution in [0.25, 0.3) is 0 Å². The molecular formula is C12H19N3. The van der Waals surface area contributed by atoms with Crippen molar-refractivity contribution < 1.29 is 0 Å². The SMILES string of the molecule is C/C=C\N(N)c1ccc(C(C)NC)cc1. The molecule has 0 spiro atoms. The number of hydrogen-bond donors (Lipinski definition) is 2. The van der Waals surface area contributed by atoms with E-state index in [0.717, 1.165) is 5.69 Å². The molecule has 0 saturated heterocycles. The van der Waals surface area contributed by atoms with Gasteiger partial charge in [-0.25, -0.2) is 5.84 Å². The summed E-state index contributed by atoms with van der Waals surface area (Å²) < 4.78 is 0. The first-order chi connectivity index (χ1) is 7.19. The van der Waals surface area contributed by atoms with Crippen molar-refractivity contribution in [3.63, 3.8) is 0 Å². The van der Waals surface area contributed by atoms with Crippen molar-refractivity contribution in [2.75, 3.05) is 12.1 Å². The highest BCUT2D eigenvalue weighted by Crippen LogP contribution is 2.17. The smallest absolute Gasteiger partial charge is 0.0568 e. The van der Waals surface area contributed by atoms with E-state index in [-0.39, 0.29) is 0 Å². The number of allylic oxidation sites excluding steroid dienone is 1. The van der Waals surface area contributed by atoms with Crippen molar-refractivity contribution in [3.8, 4) is 0 Å². The summed E-state index contributed by atoms with van der Waals surface area (Å²) in [5.74, 6) is 5.80. The van der Waals surface area contributed by atoms with Gasteiger partial charge in [0, 0.05) is 12.2 Å². The van der Waals surface area contributed by atoms with Gasteiger partial charge in [0.2, 0.25) is 0 Å².